The van der Waals surface area contributed by atoms with Gasteiger partial charge in [0.2, 0.25) is 0 Å². The first kappa shape index (κ1) is 25.0. The second-order valence-electron chi connectivity index (χ2n) is 8.75. The van der Waals surface area contributed by atoms with Crippen molar-refractivity contribution >= 4 is 16.9 Å². The summed E-state index contributed by atoms with van der Waals surface area (Å²) >= 11 is 0. The molecule has 4 rings (SSSR count). The van der Waals surface area contributed by atoms with Crippen molar-refractivity contribution in [1.29, 1.82) is 0 Å². The highest BCUT2D eigenvalue weighted by Crippen LogP contribution is 2.28. The third kappa shape index (κ3) is 6.13. The standard InChI is InChI=1S/C30H33N3O3/c1-4-10-23-15-16-27(28(20-23)35-3)36-18-8-7-17-33-26-14-6-5-13-25(26)32-29(33)21-31-30(34)24-12-9-11-22(2)19-24/h4-6,9,11-16,19-20H,1,7-8,10,17-18,21H2,2-3H3,(H,31,34). The molecule has 0 atom stereocenters. The molecule has 6 nitrogen and oxygen atoms in total. The van der Waals surface area contributed by atoms with Crippen molar-refractivity contribution in [1.82, 2.24) is 14.9 Å². The average molecular weight is 484 g/mol. The number of carbonyl (C=O) groups is 1. The van der Waals surface area contributed by atoms with Gasteiger partial charge in [-0.05, 0) is 68.1 Å². The van der Waals surface area contributed by atoms with E-state index in [2.05, 4.69) is 22.5 Å². The van der Waals surface area contributed by atoms with Crippen LogP contribution in [0.1, 0.15) is 40.2 Å². The smallest absolute Gasteiger partial charge is 0.251 e. The van der Waals surface area contributed by atoms with E-state index in [4.69, 9.17) is 14.5 Å². The highest BCUT2D eigenvalue weighted by Gasteiger charge is 2.13. The lowest BCUT2D eigenvalue weighted by atomic mass is 10.1. The van der Waals surface area contributed by atoms with Gasteiger partial charge in [-0.3, -0.25) is 4.79 Å². The third-order valence-electron chi connectivity index (χ3n) is 6.06. The molecule has 1 amide bonds. The maximum absolute atomic E-state index is 12.7. The number of methoxy groups -OCH3 is 1. The van der Waals surface area contributed by atoms with E-state index in [-0.39, 0.29) is 5.91 Å². The summed E-state index contributed by atoms with van der Waals surface area (Å²) in [5.41, 5.74) is 4.85. The number of aromatic nitrogens is 2. The van der Waals surface area contributed by atoms with Crippen LogP contribution < -0.4 is 14.8 Å². The maximum Gasteiger partial charge on any atom is 0.251 e. The minimum absolute atomic E-state index is 0.0984. The molecule has 0 saturated carbocycles. The fraction of sp³-hybridized carbons (Fsp3) is 0.267. The number of allylic oxidation sites excluding steroid dienone is 1. The van der Waals surface area contributed by atoms with Crippen LogP contribution in [-0.2, 0) is 19.5 Å². The summed E-state index contributed by atoms with van der Waals surface area (Å²) in [5.74, 6) is 2.23. The van der Waals surface area contributed by atoms with E-state index in [9.17, 15) is 4.79 Å². The van der Waals surface area contributed by atoms with Crippen molar-refractivity contribution < 1.29 is 14.3 Å². The zero-order chi connectivity index (χ0) is 25.3. The van der Waals surface area contributed by atoms with Crippen molar-refractivity contribution in [2.75, 3.05) is 13.7 Å². The summed E-state index contributed by atoms with van der Waals surface area (Å²) in [5, 5.41) is 3.03. The van der Waals surface area contributed by atoms with E-state index in [0.29, 0.717) is 18.7 Å². The molecule has 0 unspecified atom stereocenters. The summed E-state index contributed by atoms with van der Waals surface area (Å²) in [4.78, 5) is 17.4. The number of fused-ring (bicyclic) bond motifs is 1. The topological polar surface area (TPSA) is 65.4 Å². The lowest BCUT2D eigenvalue weighted by molar-refractivity contribution is 0.0949. The molecule has 3 aromatic carbocycles. The summed E-state index contributed by atoms with van der Waals surface area (Å²) in [6.45, 7) is 7.51. The molecule has 4 aromatic rings. The summed E-state index contributed by atoms with van der Waals surface area (Å²) < 4.78 is 13.7. The van der Waals surface area contributed by atoms with E-state index in [1.165, 1.54) is 0 Å². The number of carbonyl (C=O) groups excluding carboxylic acids is 1. The van der Waals surface area contributed by atoms with Crippen LogP contribution in [0.4, 0.5) is 0 Å². The Balaban J connectivity index is 1.36. The Morgan fingerprint density at radius 2 is 1.92 bits per heavy atom. The van der Waals surface area contributed by atoms with Crippen molar-refractivity contribution in [2.45, 2.75) is 39.3 Å². The first-order chi connectivity index (χ1) is 17.6. The Bertz CT molecular complexity index is 1340. The molecule has 1 heterocycles. The molecule has 36 heavy (non-hydrogen) atoms. The van der Waals surface area contributed by atoms with Crippen molar-refractivity contribution in [3.8, 4) is 11.5 Å². The van der Waals surface area contributed by atoms with Crippen LogP contribution in [0.25, 0.3) is 11.0 Å². The van der Waals surface area contributed by atoms with Gasteiger partial charge in [0.15, 0.2) is 11.5 Å². The Kier molecular flexibility index (Phi) is 8.40. The van der Waals surface area contributed by atoms with Gasteiger partial charge in [0.1, 0.15) is 5.82 Å². The van der Waals surface area contributed by atoms with Crippen molar-refractivity contribution in [2.24, 2.45) is 0 Å². The molecule has 186 valence electrons. The van der Waals surface area contributed by atoms with E-state index in [1.807, 2.05) is 73.7 Å². The molecule has 6 heteroatoms. The van der Waals surface area contributed by atoms with E-state index < -0.39 is 0 Å². The molecular weight excluding hydrogens is 450 g/mol. The van der Waals surface area contributed by atoms with Gasteiger partial charge < -0.3 is 19.4 Å². The predicted octanol–water partition coefficient (Wildman–Crippen LogP) is 5.87. The van der Waals surface area contributed by atoms with Gasteiger partial charge in [-0.2, -0.15) is 0 Å². The largest absolute Gasteiger partial charge is 0.493 e. The fourth-order valence-electron chi connectivity index (χ4n) is 4.24. The molecule has 0 aliphatic rings. The molecule has 0 bridgehead atoms. The van der Waals surface area contributed by atoms with Crippen LogP contribution in [0.5, 0.6) is 11.5 Å². The van der Waals surface area contributed by atoms with Crippen LogP contribution in [-0.4, -0.2) is 29.2 Å². The number of unbranched alkanes of at least 4 members (excludes halogenated alkanes) is 1. The Morgan fingerprint density at radius 3 is 2.72 bits per heavy atom. The summed E-state index contributed by atoms with van der Waals surface area (Å²) in [6.07, 6.45) is 4.45. The number of hydrogen-bond donors (Lipinski definition) is 1. The monoisotopic (exact) mass is 483 g/mol. The van der Waals surface area contributed by atoms with Crippen LogP contribution in [0.3, 0.4) is 0 Å². The molecule has 0 fully saturated rings. The van der Waals surface area contributed by atoms with Crippen LogP contribution in [0, 0.1) is 6.92 Å². The van der Waals surface area contributed by atoms with Crippen LogP contribution in [0.15, 0.2) is 79.4 Å². The van der Waals surface area contributed by atoms with Crippen molar-refractivity contribution in [3.05, 3.63) is 102 Å². The van der Waals surface area contributed by atoms with Crippen LogP contribution in [0.2, 0.25) is 0 Å². The fourth-order valence-corrected chi connectivity index (χ4v) is 4.24. The molecule has 0 saturated heterocycles. The van der Waals surface area contributed by atoms with Gasteiger partial charge in [0.25, 0.3) is 5.91 Å². The number of rotatable bonds is 12. The van der Waals surface area contributed by atoms with Gasteiger partial charge in [0.05, 0.1) is 31.3 Å². The molecule has 0 spiro atoms. The number of ether oxygens (including phenoxy) is 2. The van der Waals surface area contributed by atoms with Gasteiger partial charge in [0, 0.05) is 12.1 Å². The predicted molar refractivity (Wildman–Crippen MR) is 144 cm³/mol. The molecule has 0 aliphatic heterocycles. The Labute approximate surface area is 212 Å². The highest BCUT2D eigenvalue weighted by molar-refractivity contribution is 5.94. The number of para-hydroxylation sites is 2. The molecule has 1 aromatic heterocycles. The number of benzene rings is 3. The number of aryl methyl sites for hydroxylation is 2. The molecule has 0 radical (unpaired) electrons. The Hall–Kier alpha value is -4.06. The van der Waals surface area contributed by atoms with Gasteiger partial charge >= 0.3 is 0 Å². The zero-order valence-electron chi connectivity index (χ0n) is 21.0. The second kappa shape index (κ2) is 12.1. The summed E-state index contributed by atoms with van der Waals surface area (Å²) in [7, 11) is 1.66. The van der Waals surface area contributed by atoms with E-state index in [0.717, 1.165) is 65.3 Å². The number of hydrogen-bond acceptors (Lipinski definition) is 4. The summed E-state index contributed by atoms with van der Waals surface area (Å²) in [6, 6.07) is 21.6. The van der Waals surface area contributed by atoms with Crippen LogP contribution >= 0.6 is 0 Å². The highest BCUT2D eigenvalue weighted by atomic mass is 16.5. The van der Waals surface area contributed by atoms with E-state index in [1.54, 1.807) is 7.11 Å². The second-order valence-corrected chi connectivity index (χ2v) is 8.75. The zero-order valence-corrected chi connectivity index (χ0v) is 21.0. The SMILES string of the molecule is C=CCc1ccc(OCCCCn2c(CNC(=O)c3cccc(C)c3)nc3ccccc32)c(OC)c1. The quantitative estimate of drug-likeness (QED) is 0.202. The Morgan fingerprint density at radius 1 is 1.06 bits per heavy atom. The lowest BCUT2D eigenvalue weighted by Gasteiger charge is -2.13. The number of amides is 1. The number of nitrogens with one attached hydrogen (secondary N) is 1. The lowest BCUT2D eigenvalue weighted by Crippen LogP contribution is -2.25. The van der Waals surface area contributed by atoms with Gasteiger partial charge in [-0.25, -0.2) is 4.98 Å². The first-order valence-electron chi connectivity index (χ1n) is 12.3. The van der Waals surface area contributed by atoms with Gasteiger partial charge in [-0.1, -0.05) is 42.0 Å². The number of imidazole rings is 1. The number of nitrogens with zero attached hydrogens (tertiary/aromatic N) is 2. The van der Waals surface area contributed by atoms with Gasteiger partial charge in [-0.15, -0.1) is 6.58 Å². The minimum atomic E-state index is -0.0984. The molecular formula is C30H33N3O3. The molecule has 0 aliphatic carbocycles. The first-order valence-corrected chi connectivity index (χ1v) is 12.3. The molecule has 1 N–H and O–H groups in total. The normalized spacial score (nSPS) is 10.8. The van der Waals surface area contributed by atoms with E-state index >= 15 is 0 Å². The maximum atomic E-state index is 12.7. The average Bonchev–Trinajstić information content (AvgIpc) is 3.25. The van der Waals surface area contributed by atoms with Crippen molar-refractivity contribution in [3.63, 3.8) is 0 Å². The minimum Gasteiger partial charge on any atom is -0.493 e. The third-order valence-corrected chi connectivity index (χ3v) is 6.06.